The van der Waals surface area contributed by atoms with E-state index in [-0.39, 0.29) is 23.8 Å². The molecule has 0 saturated carbocycles. The SMILES string of the molecule is CCSCCN1C(=O)C(C(C)CC)NC(=O)C1(CC)CC. The molecule has 0 aliphatic carbocycles. The maximum absolute atomic E-state index is 12.9. The molecule has 1 fully saturated rings. The molecule has 0 aromatic heterocycles. The molecule has 1 aliphatic heterocycles. The van der Waals surface area contributed by atoms with Gasteiger partial charge in [-0.05, 0) is 24.5 Å². The summed E-state index contributed by atoms with van der Waals surface area (Å²) in [5.74, 6) is 2.23. The molecule has 0 bridgehead atoms. The highest BCUT2D eigenvalue weighted by Crippen LogP contribution is 2.31. The molecule has 21 heavy (non-hydrogen) atoms. The van der Waals surface area contributed by atoms with Crippen LogP contribution < -0.4 is 5.32 Å². The van der Waals surface area contributed by atoms with Crippen molar-refractivity contribution in [3.63, 3.8) is 0 Å². The van der Waals surface area contributed by atoms with E-state index in [4.69, 9.17) is 0 Å². The number of nitrogens with one attached hydrogen (secondary N) is 1. The van der Waals surface area contributed by atoms with Crippen molar-refractivity contribution in [2.24, 2.45) is 5.92 Å². The monoisotopic (exact) mass is 314 g/mol. The Balaban J connectivity index is 3.05. The summed E-state index contributed by atoms with van der Waals surface area (Å²) in [5.41, 5.74) is -0.657. The van der Waals surface area contributed by atoms with Crippen LogP contribution in [-0.4, -0.2) is 46.3 Å². The van der Waals surface area contributed by atoms with E-state index in [1.807, 2.05) is 37.4 Å². The Morgan fingerprint density at radius 1 is 1.24 bits per heavy atom. The van der Waals surface area contributed by atoms with Crippen molar-refractivity contribution in [2.75, 3.05) is 18.1 Å². The summed E-state index contributed by atoms with van der Waals surface area (Å²) in [5, 5.41) is 2.99. The normalized spacial score (nSPS) is 23.1. The van der Waals surface area contributed by atoms with E-state index >= 15 is 0 Å². The Hall–Kier alpha value is -0.710. The van der Waals surface area contributed by atoms with Crippen LogP contribution in [0.5, 0.6) is 0 Å². The molecule has 1 aliphatic rings. The van der Waals surface area contributed by atoms with Crippen molar-refractivity contribution in [1.29, 1.82) is 0 Å². The fourth-order valence-corrected chi connectivity index (χ4v) is 3.64. The maximum Gasteiger partial charge on any atom is 0.246 e. The summed E-state index contributed by atoms with van der Waals surface area (Å²) >= 11 is 1.82. The van der Waals surface area contributed by atoms with Gasteiger partial charge in [-0.15, -0.1) is 0 Å². The molecule has 4 nitrogen and oxygen atoms in total. The van der Waals surface area contributed by atoms with Crippen LogP contribution in [0, 0.1) is 5.92 Å². The van der Waals surface area contributed by atoms with Gasteiger partial charge in [0, 0.05) is 12.3 Å². The second-order valence-electron chi connectivity index (χ2n) is 5.76. The average molecular weight is 314 g/mol. The number of carbonyl (C=O) groups is 2. The molecule has 2 amide bonds. The van der Waals surface area contributed by atoms with Crippen LogP contribution >= 0.6 is 11.8 Å². The molecule has 2 unspecified atom stereocenters. The summed E-state index contributed by atoms with van der Waals surface area (Å²) in [7, 11) is 0. The zero-order chi connectivity index (χ0) is 16.0. The molecule has 1 N–H and O–H groups in total. The van der Waals surface area contributed by atoms with Crippen molar-refractivity contribution in [2.45, 2.75) is 65.5 Å². The Kier molecular flexibility index (Phi) is 7.04. The largest absolute Gasteiger partial charge is 0.342 e. The average Bonchev–Trinajstić information content (AvgIpc) is 2.50. The molecule has 1 saturated heterocycles. The first-order valence-corrected chi connectivity index (χ1v) is 9.34. The molecule has 1 heterocycles. The van der Waals surface area contributed by atoms with E-state index in [0.717, 1.165) is 17.9 Å². The lowest BCUT2D eigenvalue weighted by Gasteiger charge is -2.48. The number of amides is 2. The minimum Gasteiger partial charge on any atom is -0.342 e. The van der Waals surface area contributed by atoms with Gasteiger partial charge in [-0.1, -0.05) is 41.0 Å². The predicted molar refractivity (Wildman–Crippen MR) is 89.4 cm³/mol. The first-order valence-electron chi connectivity index (χ1n) is 8.18. The van der Waals surface area contributed by atoms with E-state index in [1.165, 1.54) is 0 Å². The van der Waals surface area contributed by atoms with Gasteiger partial charge in [0.2, 0.25) is 11.8 Å². The number of thioether (sulfide) groups is 1. The van der Waals surface area contributed by atoms with Crippen LogP contribution in [0.2, 0.25) is 0 Å². The lowest BCUT2D eigenvalue weighted by atomic mass is 9.83. The third kappa shape index (κ3) is 3.55. The Labute approximate surface area is 133 Å². The Morgan fingerprint density at radius 3 is 2.33 bits per heavy atom. The first-order chi connectivity index (χ1) is 9.98. The third-order valence-corrected chi connectivity index (χ3v) is 5.68. The summed E-state index contributed by atoms with van der Waals surface area (Å²) in [6.07, 6.45) is 2.23. The number of hydrogen-bond acceptors (Lipinski definition) is 3. The number of nitrogens with zero attached hydrogens (tertiary/aromatic N) is 1. The zero-order valence-corrected chi connectivity index (χ0v) is 14.9. The number of rotatable bonds is 8. The summed E-state index contributed by atoms with van der Waals surface area (Å²) in [6.45, 7) is 10.9. The Bertz CT molecular complexity index is 369. The third-order valence-electron chi connectivity index (χ3n) is 4.80. The maximum atomic E-state index is 12.9. The van der Waals surface area contributed by atoms with Gasteiger partial charge in [-0.2, -0.15) is 11.8 Å². The van der Waals surface area contributed by atoms with E-state index < -0.39 is 5.54 Å². The lowest BCUT2D eigenvalue weighted by Crippen LogP contribution is -2.71. The summed E-state index contributed by atoms with van der Waals surface area (Å²) in [4.78, 5) is 27.5. The highest BCUT2D eigenvalue weighted by molar-refractivity contribution is 7.99. The molecular formula is C16H30N2O2S. The number of piperazine rings is 1. The van der Waals surface area contributed by atoms with Crippen molar-refractivity contribution < 1.29 is 9.59 Å². The minimum absolute atomic E-state index is 0.0268. The van der Waals surface area contributed by atoms with Crippen molar-refractivity contribution in [3.05, 3.63) is 0 Å². The lowest BCUT2D eigenvalue weighted by molar-refractivity contribution is -0.159. The van der Waals surface area contributed by atoms with E-state index in [2.05, 4.69) is 19.2 Å². The molecule has 5 heteroatoms. The molecule has 122 valence electrons. The molecule has 2 atom stereocenters. The molecule has 0 aromatic carbocycles. The minimum atomic E-state index is -0.657. The summed E-state index contributed by atoms with van der Waals surface area (Å²) in [6, 6.07) is -0.361. The van der Waals surface area contributed by atoms with Gasteiger partial charge < -0.3 is 10.2 Å². The fraction of sp³-hybridized carbons (Fsp3) is 0.875. The van der Waals surface area contributed by atoms with Crippen LogP contribution in [0.15, 0.2) is 0 Å². The fourth-order valence-electron chi connectivity index (χ4n) is 3.04. The predicted octanol–water partition coefficient (Wildman–Crippen LogP) is 2.67. The second kappa shape index (κ2) is 8.06. The van der Waals surface area contributed by atoms with Crippen LogP contribution in [-0.2, 0) is 9.59 Å². The van der Waals surface area contributed by atoms with E-state index in [0.29, 0.717) is 19.4 Å². The van der Waals surface area contributed by atoms with Gasteiger partial charge >= 0.3 is 0 Å². The molecule has 0 aromatic rings. The van der Waals surface area contributed by atoms with Gasteiger partial charge in [-0.25, -0.2) is 0 Å². The second-order valence-corrected chi connectivity index (χ2v) is 7.16. The quantitative estimate of drug-likeness (QED) is 0.701. The highest BCUT2D eigenvalue weighted by Gasteiger charge is 2.50. The van der Waals surface area contributed by atoms with Gasteiger partial charge in [0.15, 0.2) is 0 Å². The standard InChI is InChI=1S/C16H30N2O2S/c1-6-12(5)13-14(19)18(10-11-21-9-4)16(7-2,8-3)15(20)17-13/h12-13H,6-11H2,1-5H3,(H,17,20). The number of hydrogen-bond donors (Lipinski definition) is 1. The van der Waals surface area contributed by atoms with E-state index in [1.54, 1.807) is 0 Å². The van der Waals surface area contributed by atoms with Crippen molar-refractivity contribution in [3.8, 4) is 0 Å². The van der Waals surface area contributed by atoms with Crippen LogP contribution in [0.3, 0.4) is 0 Å². The molecule has 0 spiro atoms. The first kappa shape index (κ1) is 18.3. The van der Waals surface area contributed by atoms with Crippen LogP contribution in [0.25, 0.3) is 0 Å². The number of carbonyl (C=O) groups excluding carboxylic acids is 2. The summed E-state index contributed by atoms with van der Waals surface area (Å²) < 4.78 is 0. The van der Waals surface area contributed by atoms with Gasteiger partial charge in [-0.3, -0.25) is 9.59 Å². The van der Waals surface area contributed by atoms with Crippen molar-refractivity contribution in [1.82, 2.24) is 10.2 Å². The van der Waals surface area contributed by atoms with E-state index in [9.17, 15) is 9.59 Å². The van der Waals surface area contributed by atoms with Gasteiger partial charge in [0.1, 0.15) is 11.6 Å². The van der Waals surface area contributed by atoms with Crippen LogP contribution in [0.4, 0.5) is 0 Å². The van der Waals surface area contributed by atoms with Crippen molar-refractivity contribution >= 4 is 23.6 Å². The zero-order valence-electron chi connectivity index (χ0n) is 14.1. The van der Waals surface area contributed by atoms with Gasteiger partial charge in [0.25, 0.3) is 0 Å². The highest BCUT2D eigenvalue weighted by atomic mass is 32.2. The molecule has 0 radical (unpaired) electrons. The molecule has 1 rings (SSSR count). The smallest absolute Gasteiger partial charge is 0.246 e. The van der Waals surface area contributed by atoms with Gasteiger partial charge in [0.05, 0.1) is 0 Å². The van der Waals surface area contributed by atoms with Crippen LogP contribution in [0.1, 0.15) is 53.9 Å². The Morgan fingerprint density at radius 2 is 1.86 bits per heavy atom. The molecular weight excluding hydrogens is 284 g/mol. The topological polar surface area (TPSA) is 49.4 Å².